The fourth-order valence-electron chi connectivity index (χ4n) is 8.54. The first-order chi connectivity index (χ1) is 27.7. The van der Waals surface area contributed by atoms with Crippen LogP contribution in [-0.4, -0.2) is 15.0 Å². The number of rotatable bonds is 4. The predicted molar refractivity (Wildman–Crippen MR) is 229 cm³/mol. The van der Waals surface area contributed by atoms with Crippen molar-refractivity contribution in [2.45, 2.75) is 0 Å². The molecule has 3 heterocycles. The molecule has 0 saturated heterocycles. The van der Waals surface area contributed by atoms with Gasteiger partial charge in [-0.15, -0.1) is 0 Å². The van der Waals surface area contributed by atoms with E-state index in [0.717, 1.165) is 82.3 Å². The summed E-state index contributed by atoms with van der Waals surface area (Å²) in [5.41, 5.74) is 8.30. The second-order valence-corrected chi connectivity index (χ2v) is 14.3. The van der Waals surface area contributed by atoms with E-state index in [9.17, 15) is 0 Å². The molecule has 3 aromatic heterocycles. The Balaban J connectivity index is 1.09. The third-order valence-corrected chi connectivity index (χ3v) is 11.1. The molecular weight excluding hydrogens is 687 g/mol. The Hall–Kier alpha value is -7.63. The highest BCUT2D eigenvalue weighted by Crippen LogP contribution is 2.43. The van der Waals surface area contributed by atoms with Crippen LogP contribution in [0.4, 0.5) is 0 Å². The summed E-state index contributed by atoms with van der Waals surface area (Å²) in [7, 11) is 0. The van der Waals surface area contributed by atoms with Crippen molar-refractivity contribution in [3.63, 3.8) is 0 Å². The summed E-state index contributed by atoms with van der Waals surface area (Å²) in [6.45, 7) is 0. The van der Waals surface area contributed by atoms with Crippen molar-refractivity contribution >= 4 is 76.2 Å². The van der Waals surface area contributed by atoms with Gasteiger partial charge in [0, 0.05) is 43.6 Å². The number of nitrogens with zero attached hydrogens (tertiary/aromatic N) is 3. The van der Waals surface area contributed by atoms with Gasteiger partial charge in [0.1, 0.15) is 22.3 Å². The molecule has 0 aliphatic heterocycles. The van der Waals surface area contributed by atoms with Crippen molar-refractivity contribution in [1.29, 1.82) is 0 Å². The third kappa shape index (κ3) is 4.64. The molecule has 0 unspecified atom stereocenters. The minimum absolute atomic E-state index is 0.581. The summed E-state index contributed by atoms with van der Waals surface area (Å²) in [6, 6.07) is 60.9. The highest BCUT2D eigenvalue weighted by atomic mass is 16.3. The van der Waals surface area contributed by atoms with Gasteiger partial charge in [0.05, 0.1) is 0 Å². The second kappa shape index (κ2) is 11.9. The van der Waals surface area contributed by atoms with Crippen LogP contribution in [0.15, 0.2) is 185 Å². The Labute approximate surface area is 320 Å². The van der Waals surface area contributed by atoms with E-state index < -0.39 is 0 Å². The van der Waals surface area contributed by atoms with Crippen molar-refractivity contribution in [2.75, 3.05) is 0 Å². The van der Waals surface area contributed by atoms with Crippen molar-refractivity contribution in [3.05, 3.63) is 176 Å². The van der Waals surface area contributed by atoms with Crippen LogP contribution in [-0.2, 0) is 0 Å². The van der Waals surface area contributed by atoms with E-state index in [0.29, 0.717) is 17.5 Å². The summed E-state index contributed by atoms with van der Waals surface area (Å²) in [4.78, 5) is 15.4. The van der Waals surface area contributed by atoms with E-state index in [2.05, 4.69) is 115 Å². The highest BCUT2D eigenvalue weighted by Gasteiger charge is 2.21. The van der Waals surface area contributed by atoms with Gasteiger partial charge in [-0.1, -0.05) is 140 Å². The molecule has 0 N–H and O–H groups in total. The van der Waals surface area contributed by atoms with Crippen LogP contribution in [0, 0.1) is 0 Å². The molecule has 0 aliphatic rings. The summed E-state index contributed by atoms with van der Waals surface area (Å²) >= 11 is 0. The molecule has 5 heteroatoms. The summed E-state index contributed by atoms with van der Waals surface area (Å²) < 4.78 is 13.2. The quantitative estimate of drug-likeness (QED) is 0.181. The van der Waals surface area contributed by atoms with Crippen molar-refractivity contribution in [1.82, 2.24) is 15.0 Å². The molecule has 9 aromatic carbocycles. The van der Waals surface area contributed by atoms with Crippen LogP contribution in [0.5, 0.6) is 0 Å². The molecular formula is C51H29N3O2. The van der Waals surface area contributed by atoms with Crippen LogP contribution >= 0.6 is 0 Å². The number of hydrogen-bond donors (Lipinski definition) is 0. The molecule has 0 spiro atoms. The first-order valence-corrected chi connectivity index (χ1v) is 18.8. The van der Waals surface area contributed by atoms with Gasteiger partial charge in [-0.25, -0.2) is 15.0 Å². The van der Waals surface area contributed by atoms with E-state index in [-0.39, 0.29) is 0 Å². The smallest absolute Gasteiger partial charge is 0.164 e. The average molecular weight is 716 g/mol. The first kappa shape index (κ1) is 30.8. The molecule has 0 bridgehead atoms. The zero-order chi connectivity index (χ0) is 36.7. The van der Waals surface area contributed by atoms with E-state index in [1.807, 2.05) is 60.7 Å². The standard InChI is InChI=1S/C51H29N3O2/c1-2-14-32(15-3-1)49-52-50(54-51(53-49)40-22-11-23-44-47(40)39-26-24-31-13-5-7-18-35(31)48(39)56-44)33-25-27-43-42(28-33)46-38-20-9-8-19-37(38)41(29-45(46)55-43)36-21-10-16-30-12-4-6-17-34(30)36/h1-29H. The van der Waals surface area contributed by atoms with Gasteiger partial charge in [0.15, 0.2) is 17.5 Å². The highest BCUT2D eigenvalue weighted by molar-refractivity contribution is 6.23. The summed E-state index contributed by atoms with van der Waals surface area (Å²) in [6.07, 6.45) is 0. The van der Waals surface area contributed by atoms with Gasteiger partial charge in [0.25, 0.3) is 0 Å². The lowest BCUT2D eigenvalue weighted by Gasteiger charge is -2.11. The monoisotopic (exact) mass is 715 g/mol. The Kier molecular flexibility index (Phi) is 6.56. The van der Waals surface area contributed by atoms with Crippen LogP contribution in [0.2, 0.25) is 0 Å². The van der Waals surface area contributed by atoms with Gasteiger partial charge >= 0.3 is 0 Å². The molecule has 0 fully saturated rings. The number of aromatic nitrogens is 3. The van der Waals surface area contributed by atoms with Crippen LogP contribution in [0.1, 0.15) is 0 Å². The zero-order valence-corrected chi connectivity index (χ0v) is 29.9. The third-order valence-electron chi connectivity index (χ3n) is 11.1. The van der Waals surface area contributed by atoms with Crippen LogP contribution in [0.25, 0.3) is 121 Å². The van der Waals surface area contributed by atoms with Gasteiger partial charge < -0.3 is 8.83 Å². The van der Waals surface area contributed by atoms with Crippen LogP contribution < -0.4 is 0 Å². The molecule has 5 nitrogen and oxygen atoms in total. The normalized spacial score (nSPS) is 11.9. The Bertz CT molecular complexity index is 3540. The minimum Gasteiger partial charge on any atom is -0.456 e. The second-order valence-electron chi connectivity index (χ2n) is 14.3. The van der Waals surface area contributed by atoms with Crippen molar-refractivity contribution in [2.24, 2.45) is 0 Å². The van der Waals surface area contributed by atoms with Gasteiger partial charge in [0.2, 0.25) is 0 Å². The molecule has 260 valence electrons. The maximum atomic E-state index is 6.66. The number of fused-ring (bicyclic) bond motifs is 11. The first-order valence-electron chi connectivity index (χ1n) is 18.8. The minimum atomic E-state index is 0.581. The zero-order valence-electron chi connectivity index (χ0n) is 29.9. The summed E-state index contributed by atoms with van der Waals surface area (Å²) in [5, 5.41) is 11.0. The molecule has 12 rings (SSSR count). The average Bonchev–Trinajstić information content (AvgIpc) is 3.85. The van der Waals surface area contributed by atoms with Crippen molar-refractivity contribution in [3.8, 4) is 45.3 Å². The fraction of sp³-hybridized carbons (Fsp3) is 0. The molecule has 0 atom stereocenters. The number of hydrogen-bond acceptors (Lipinski definition) is 5. The van der Waals surface area contributed by atoms with E-state index in [4.69, 9.17) is 23.8 Å². The topological polar surface area (TPSA) is 65.0 Å². The fourth-order valence-corrected chi connectivity index (χ4v) is 8.54. The lowest BCUT2D eigenvalue weighted by atomic mass is 9.92. The van der Waals surface area contributed by atoms with Crippen molar-refractivity contribution < 1.29 is 8.83 Å². The Morgan fingerprint density at radius 2 is 0.964 bits per heavy atom. The molecule has 0 radical (unpaired) electrons. The molecule has 0 aliphatic carbocycles. The SMILES string of the molecule is c1ccc(-c2nc(-c3ccc4oc5cc(-c6cccc7ccccc67)c6ccccc6c5c4c3)nc(-c3cccc4oc5c6ccccc6ccc5c34)n2)cc1. The van der Waals surface area contributed by atoms with Gasteiger partial charge in [-0.3, -0.25) is 0 Å². The maximum absolute atomic E-state index is 6.66. The van der Waals surface area contributed by atoms with Gasteiger partial charge in [-0.05, 0) is 74.5 Å². The number of furan rings is 2. The lowest BCUT2D eigenvalue weighted by Crippen LogP contribution is -2.00. The maximum Gasteiger partial charge on any atom is 0.164 e. The molecule has 12 aromatic rings. The lowest BCUT2D eigenvalue weighted by molar-refractivity contribution is 0.669. The largest absolute Gasteiger partial charge is 0.456 e. The molecule has 56 heavy (non-hydrogen) atoms. The van der Waals surface area contributed by atoms with E-state index in [1.165, 1.54) is 21.7 Å². The molecule has 0 amide bonds. The van der Waals surface area contributed by atoms with Crippen LogP contribution in [0.3, 0.4) is 0 Å². The predicted octanol–water partition coefficient (Wildman–Crippen LogP) is 13.8. The summed E-state index contributed by atoms with van der Waals surface area (Å²) in [5.74, 6) is 1.76. The molecule has 0 saturated carbocycles. The van der Waals surface area contributed by atoms with E-state index >= 15 is 0 Å². The van der Waals surface area contributed by atoms with E-state index in [1.54, 1.807) is 0 Å². The Morgan fingerprint density at radius 3 is 1.82 bits per heavy atom. The number of benzene rings is 9. The Morgan fingerprint density at radius 1 is 0.304 bits per heavy atom. The van der Waals surface area contributed by atoms with Gasteiger partial charge in [-0.2, -0.15) is 0 Å².